The highest BCUT2D eigenvalue weighted by Crippen LogP contribution is 2.33. The second kappa shape index (κ2) is 9.83. The molecule has 0 spiro atoms. The minimum atomic E-state index is -4.71. The molecule has 1 unspecified atom stereocenters. The zero-order chi connectivity index (χ0) is 20.7. The van der Waals surface area contributed by atoms with E-state index >= 15 is 0 Å². The van der Waals surface area contributed by atoms with Crippen molar-refractivity contribution >= 4 is 11.8 Å². The van der Waals surface area contributed by atoms with Crippen molar-refractivity contribution in [3.63, 3.8) is 0 Å². The molecule has 0 amide bonds. The highest BCUT2D eigenvalue weighted by Gasteiger charge is 2.31. The predicted octanol–water partition coefficient (Wildman–Crippen LogP) is 6.72. The van der Waals surface area contributed by atoms with E-state index < -0.39 is 6.36 Å². The van der Waals surface area contributed by atoms with Crippen molar-refractivity contribution in [3.8, 4) is 28.2 Å². The molecule has 0 aliphatic rings. The van der Waals surface area contributed by atoms with E-state index in [-0.39, 0.29) is 11.7 Å². The SMILES string of the molecule is CC#CSc1nc(C(CC)CCC)nc(-c2ccc(OC(F)(F)F)cc2)c1C. The van der Waals surface area contributed by atoms with Crippen LogP contribution in [0, 0.1) is 18.1 Å². The lowest BCUT2D eigenvalue weighted by Gasteiger charge is -2.17. The Morgan fingerprint density at radius 1 is 1.14 bits per heavy atom. The summed E-state index contributed by atoms with van der Waals surface area (Å²) in [5.41, 5.74) is 2.28. The van der Waals surface area contributed by atoms with E-state index in [1.54, 1.807) is 19.1 Å². The Hall–Kier alpha value is -2.20. The summed E-state index contributed by atoms with van der Waals surface area (Å²) < 4.78 is 41.1. The molecule has 28 heavy (non-hydrogen) atoms. The monoisotopic (exact) mass is 408 g/mol. The fourth-order valence-electron chi connectivity index (χ4n) is 2.85. The molecule has 0 radical (unpaired) electrons. The van der Waals surface area contributed by atoms with Gasteiger partial charge in [-0.3, -0.25) is 0 Å². The summed E-state index contributed by atoms with van der Waals surface area (Å²) in [7, 11) is 0. The maximum Gasteiger partial charge on any atom is 0.573 e. The van der Waals surface area contributed by atoms with Gasteiger partial charge in [0, 0.05) is 17.0 Å². The summed E-state index contributed by atoms with van der Waals surface area (Å²) in [6.45, 7) is 7.89. The molecule has 1 aromatic carbocycles. The third kappa shape index (κ3) is 5.90. The van der Waals surface area contributed by atoms with Crippen LogP contribution < -0.4 is 4.74 Å². The Bertz CT molecular complexity index is 855. The molecule has 0 aliphatic carbocycles. The van der Waals surface area contributed by atoms with Crippen LogP contribution in [0.2, 0.25) is 0 Å². The molecule has 0 aliphatic heterocycles. The first-order valence-electron chi connectivity index (χ1n) is 9.12. The van der Waals surface area contributed by atoms with Gasteiger partial charge in [-0.1, -0.05) is 26.2 Å². The van der Waals surface area contributed by atoms with Gasteiger partial charge in [-0.25, -0.2) is 9.97 Å². The van der Waals surface area contributed by atoms with Gasteiger partial charge in [0.15, 0.2) is 0 Å². The summed E-state index contributed by atoms with van der Waals surface area (Å²) >= 11 is 1.34. The molecule has 3 nitrogen and oxygen atoms in total. The topological polar surface area (TPSA) is 35.0 Å². The molecule has 0 saturated heterocycles. The first-order chi connectivity index (χ1) is 13.3. The van der Waals surface area contributed by atoms with Crippen molar-refractivity contribution in [2.75, 3.05) is 0 Å². The molecule has 7 heteroatoms. The quantitative estimate of drug-likeness (QED) is 0.289. The third-order valence-corrected chi connectivity index (χ3v) is 5.12. The molecule has 0 bridgehead atoms. The van der Waals surface area contributed by atoms with Gasteiger partial charge in [-0.05, 0) is 68.0 Å². The lowest BCUT2D eigenvalue weighted by Crippen LogP contribution is -2.17. The van der Waals surface area contributed by atoms with Crippen LogP contribution in [-0.2, 0) is 0 Å². The Balaban J connectivity index is 2.49. The van der Waals surface area contributed by atoms with Crippen LogP contribution in [0.1, 0.15) is 57.3 Å². The highest BCUT2D eigenvalue weighted by atomic mass is 32.2. The number of hydrogen-bond donors (Lipinski definition) is 0. The van der Waals surface area contributed by atoms with Crippen LogP contribution in [-0.4, -0.2) is 16.3 Å². The third-order valence-electron chi connectivity index (χ3n) is 4.22. The number of ether oxygens (including phenoxy) is 1. The number of halogens is 3. The van der Waals surface area contributed by atoms with Gasteiger partial charge in [0.1, 0.15) is 16.6 Å². The fraction of sp³-hybridized carbons (Fsp3) is 0.429. The molecule has 0 fully saturated rings. The van der Waals surface area contributed by atoms with Crippen molar-refractivity contribution in [1.29, 1.82) is 0 Å². The van der Waals surface area contributed by atoms with Gasteiger partial charge in [0.2, 0.25) is 0 Å². The smallest absolute Gasteiger partial charge is 0.406 e. The average molecular weight is 408 g/mol. The Morgan fingerprint density at radius 2 is 1.82 bits per heavy atom. The van der Waals surface area contributed by atoms with E-state index in [4.69, 9.17) is 9.97 Å². The van der Waals surface area contributed by atoms with Gasteiger partial charge >= 0.3 is 6.36 Å². The molecule has 2 aromatic rings. The summed E-state index contributed by atoms with van der Waals surface area (Å²) in [6, 6.07) is 5.76. The largest absolute Gasteiger partial charge is 0.573 e. The van der Waals surface area contributed by atoms with Crippen LogP contribution in [0.5, 0.6) is 5.75 Å². The minimum Gasteiger partial charge on any atom is -0.406 e. The summed E-state index contributed by atoms with van der Waals surface area (Å²) in [4.78, 5) is 9.50. The maximum absolute atomic E-state index is 12.4. The number of rotatable bonds is 7. The van der Waals surface area contributed by atoms with Gasteiger partial charge in [-0.15, -0.1) is 13.2 Å². The molecular formula is C21H23F3N2OS. The van der Waals surface area contributed by atoms with Gasteiger partial charge in [-0.2, -0.15) is 0 Å². The molecule has 1 atom stereocenters. The van der Waals surface area contributed by atoms with Crippen molar-refractivity contribution < 1.29 is 17.9 Å². The number of hydrogen-bond acceptors (Lipinski definition) is 4. The van der Waals surface area contributed by atoms with Crippen LogP contribution in [0.3, 0.4) is 0 Å². The number of benzene rings is 1. The maximum atomic E-state index is 12.4. The van der Waals surface area contributed by atoms with Crippen molar-refractivity contribution in [1.82, 2.24) is 9.97 Å². The Kier molecular flexibility index (Phi) is 7.76. The standard InChI is InChI=1S/C21H23F3N2OS/c1-5-8-15(7-3)19-25-18(14(4)20(26-19)28-13-6-2)16-9-11-17(12-10-16)27-21(22,23)24/h9-12,15H,5,7-8H2,1-4H3. The molecule has 1 heterocycles. The summed E-state index contributed by atoms with van der Waals surface area (Å²) in [6.07, 6.45) is -1.80. The van der Waals surface area contributed by atoms with Gasteiger partial charge in [0.25, 0.3) is 0 Å². The number of nitrogens with zero attached hydrogens (tertiary/aromatic N) is 2. The molecule has 2 rings (SSSR count). The van der Waals surface area contributed by atoms with Crippen LogP contribution in [0.15, 0.2) is 29.3 Å². The van der Waals surface area contributed by atoms with E-state index in [1.807, 2.05) is 6.92 Å². The Morgan fingerprint density at radius 3 is 2.36 bits per heavy atom. The Labute approximate surface area is 168 Å². The number of thioether (sulfide) groups is 1. The summed E-state index contributed by atoms with van der Waals surface area (Å²) in [5, 5.41) is 3.74. The normalized spacial score (nSPS) is 12.2. The molecular weight excluding hydrogens is 385 g/mol. The first kappa shape index (κ1) is 22.1. The first-order valence-corrected chi connectivity index (χ1v) is 9.94. The van der Waals surface area contributed by atoms with Gasteiger partial charge in [0.05, 0.1) is 5.69 Å². The van der Waals surface area contributed by atoms with Crippen molar-refractivity contribution in [2.45, 2.75) is 64.3 Å². The van der Waals surface area contributed by atoms with Crippen LogP contribution >= 0.6 is 11.8 Å². The molecule has 150 valence electrons. The van der Waals surface area contributed by atoms with Crippen molar-refractivity contribution in [3.05, 3.63) is 35.7 Å². The van der Waals surface area contributed by atoms with E-state index in [0.717, 1.165) is 35.7 Å². The molecule has 1 aromatic heterocycles. The second-order valence-corrected chi connectivity index (χ2v) is 7.08. The zero-order valence-electron chi connectivity index (χ0n) is 16.4. The van der Waals surface area contributed by atoms with E-state index in [0.29, 0.717) is 11.3 Å². The van der Waals surface area contributed by atoms with E-state index in [2.05, 4.69) is 29.8 Å². The lowest BCUT2D eigenvalue weighted by atomic mass is 9.99. The van der Waals surface area contributed by atoms with E-state index in [9.17, 15) is 13.2 Å². The zero-order valence-corrected chi connectivity index (χ0v) is 17.2. The van der Waals surface area contributed by atoms with Crippen LogP contribution in [0.4, 0.5) is 13.2 Å². The average Bonchev–Trinajstić information content (AvgIpc) is 2.65. The van der Waals surface area contributed by atoms with Crippen LogP contribution in [0.25, 0.3) is 11.3 Å². The number of aromatic nitrogens is 2. The summed E-state index contributed by atoms with van der Waals surface area (Å²) in [5.74, 6) is 3.57. The van der Waals surface area contributed by atoms with E-state index in [1.165, 1.54) is 23.9 Å². The lowest BCUT2D eigenvalue weighted by molar-refractivity contribution is -0.274. The molecule has 0 saturated carbocycles. The predicted molar refractivity (Wildman–Crippen MR) is 106 cm³/mol. The second-order valence-electron chi connectivity index (χ2n) is 6.28. The fourth-order valence-corrected chi connectivity index (χ4v) is 3.44. The highest BCUT2D eigenvalue weighted by molar-refractivity contribution is 8.03. The van der Waals surface area contributed by atoms with Gasteiger partial charge < -0.3 is 4.74 Å². The van der Waals surface area contributed by atoms with Crippen molar-refractivity contribution in [2.24, 2.45) is 0 Å². The molecule has 0 N–H and O–H groups in total. The minimum absolute atomic E-state index is 0.228. The number of alkyl halides is 3.